The molecule has 0 fully saturated rings. The number of nitrogen functional groups attached to an aromatic ring is 1. The van der Waals surface area contributed by atoms with Gasteiger partial charge in [-0.3, -0.25) is 10.2 Å². The molecule has 0 saturated heterocycles. The van der Waals surface area contributed by atoms with Gasteiger partial charge in [-0.2, -0.15) is 0 Å². The van der Waals surface area contributed by atoms with Crippen LogP contribution in [0.4, 0.5) is 4.39 Å². The van der Waals surface area contributed by atoms with E-state index in [1.54, 1.807) is 24.3 Å². The Morgan fingerprint density at radius 2 is 2.10 bits per heavy atom. The lowest BCUT2D eigenvalue weighted by atomic mass is 10.1. The van der Waals surface area contributed by atoms with Crippen molar-refractivity contribution in [2.24, 2.45) is 5.84 Å². The van der Waals surface area contributed by atoms with Crippen LogP contribution in [0.5, 0.6) is 5.75 Å². The number of ether oxygens (including phenoxy) is 1. The number of aliphatic hydroxyl groups is 1. The Kier molecular flexibility index (Phi) is 4.86. The van der Waals surface area contributed by atoms with E-state index in [9.17, 15) is 9.18 Å². The van der Waals surface area contributed by atoms with Crippen molar-refractivity contribution < 1.29 is 19.0 Å². The third-order valence-electron chi connectivity index (χ3n) is 2.91. The van der Waals surface area contributed by atoms with Crippen molar-refractivity contribution in [1.82, 2.24) is 5.43 Å². The second-order valence-corrected chi connectivity index (χ2v) is 4.37. The predicted molar refractivity (Wildman–Crippen MR) is 74.8 cm³/mol. The molecule has 4 N–H and O–H groups in total. The number of rotatable bonds is 5. The molecule has 0 aliphatic carbocycles. The minimum atomic E-state index is -0.501. The van der Waals surface area contributed by atoms with Gasteiger partial charge in [-0.1, -0.05) is 12.1 Å². The molecule has 0 aromatic heterocycles. The second kappa shape index (κ2) is 6.83. The maximum Gasteiger partial charge on any atom is 0.265 e. The monoisotopic (exact) mass is 290 g/mol. The highest BCUT2D eigenvalue weighted by Gasteiger charge is 2.09. The van der Waals surface area contributed by atoms with Crippen molar-refractivity contribution in [2.75, 3.05) is 0 Å². The van der Waals surface area contributed by atoms with Crippen LogP contribution in [0.1, 0.15) is 21.5 Å². The molecule has 0 aliphatic rings. The summed E-state index contributed by atoms with van der Waals surface area (Å²) < 4.78 is 19.2. The number of benzene rings is 2. The van der Waals surface area contributed by atoms with E-state index in [2.05, 4.69) is 0 Å². The van der Waals surface area contributed by atoms with Crippen LogP contribution in [0, 0.1) is 5.82 Å². The lowest BCUT2D eigenvalue weighted by molar-refractivity contribution is 0.0953. The first kappa shape index (κ1) is 15.0. The highest BCUT2D eigenvalue weighted by Crippen LogP contribution is 2.17. The molecule has 0 saturated carbocycles. The number of amides is 1. The molecule has 0 atom stereocenters. The van der Waals surface area contributed by atoms with Crippen LogP contribution in [-0.2, 0) is 13.2 Å². The topological polar surface area (TPSA) is 84.6 Å². The Labute approximate surface area is 121 Å². The Balaban J connectivity index is 2.13. The van der Waals surface area contributed by atoms with E-state index >= 15 is 0 Å². The zero-order valence-corrected chi connectivity index (χ0v) is 11.2. The molecule has 2 aromatic rings. The van der Waals surface area contributed by atoms with Gasteiger partial charge in [-0.05, 0) is 35.9 Å². The predicted octanol–water partition coefficient (Wildman–Crippen LogP) is 1.50. The minimum Gasteiger partial charge on any atom is -0.489 e. The summed E-state index contributed by atoms with van der Waals surface area (Å²) in [5.74, 6) is 4.58. The maximum absolute atomic E-state index is 13.7. The molecule has 1 amide bonds. The Morgan fingerprint density at radius 3 is 2.81 bits per heavy atom. The normalized spacial score (nSPS) is 10.2. The standard InChI is InChI=1S/C15H15FN2O3/c16-14-5-4-11(15(20)18-17)7-12(14)9-21-13-3-1-2-10(6-13)8-19/h1-7,19H,8-9,17H2,(H,18,20). The van der Waals surface area contributed by atoms with Crippen LogP contribution in [0.2, 0.25) is 0 Å². The van der Waals surface area contributed by atoms with Gasteiger partial charge in [0, 0.05) is 11.1 Å². The number of aliphatic hydroxyl groups excluding tert-OH is 1. The fourth-order valence-electron chi connectivity index (χ4n) is 1.80. The molecule has 0 heterocycles. The summed E-state index contributed by atoms with van der Waals surface area (Å²) in [6.45, 7) is -0.135. The Morgan fingerprint density at radius 1 is 1.29 bits per heavy atom. The summed E-state index contributed by atoms with van der Waals surface area (Å²) in [7, 11) is 0. The average molecular weight is 290 g/mol. The van der Waals surface area contributed by atoms with Crippen LogP contribution in [0.25, 0.3) is 0 Å². The average Bonchev–Trinajstić information content (AvgIpc) is 2.53. The van der Waals surface area contributed by atoms with E-state index < -0.39 is 11.7 Å². The van der Waals surface area contributed by atoms with E-state index in [1.807, 2.05) is 5.43 Å². The fourth-order valence-corrected chi connectivity index (χ4v) is 1.80. The number of nitrogens with two attached hydrogens (primary N) is 1. The highest BCUT2D eigenvalue weighted by atomic mass is 19.1. The zero-order valence-electron chi connectivity index (χ0n) is 11.2. The molecule has 0 spiro atoms. The Bertz CT molecular complexity index is 647. The van der Waals surface area contributed by atoms with E-state index in [0.717, 1.165) is 0 Å². The SMILES string of the molecule is NNC(=O)c1ccc(F)c(COc2cccc(CO)c2)c1. The van der Waals surface area contributed by atoms with Crippen molar-refractivity contribution in [3.63, 3.8) is 0 Å². The smallest absolute Gasteiger partial charge is 0.265 e. The first-order chi connectivity index (χ1) is 10.1. The second-order valence-electron chi connectivity index (χ2n) is 4.37. The highest BCUT2D eigenvalue weighted by molar-refractivity contribution is 5.93. The number of hydrazine groups is 1. The number of carbonyl (C=O) groups excluding carboxylic acids is 1. The van der Waals surface area contributed by atoms with Crippen LogP contribution in [-0.4, -0.2) is 11.0 Å². The summed E-state index contributed by atoms with van der Waals surface area (Å²) in [6.07, 6.45) is 0. The molecule has 21 heavy (non-hydrogen) atoms. The van der Waals surface area contributed by atoms with Crippen molar-refractivity contribution in [1.29, 1.82) is 0 Å². The number of nitrogens with one attached hydrogen (secondary N) is 1. The van der Waals surface area contributed by atoms with Gasteiger partial charge in [-0.25, -0.2) is 10.2 Å². The quantitative estimate of drug-likeness (QED) is 0.442. The van der Waals surface area contributed by atoms with Crippen LogP contribution < -0.4 is 16.0 Å². The molecule has 6 heteroatoms. The molecular weight excluding hydrogens is 275 g/mol. The summed E-state index contributed by atoms with van der Waals surface area (Å²) in [6, 6.07) is 10.8. The molecule has 0 unspecified atom stereocenters. The van der Waals surface area contributed by atoms with Crippen LogP contribution >= 0.6 is 0 Å². The summed E-state index contributed by atoms with van der Waals surface area (Å²) in [5, 5.41) is 9.04. The third-order valence-corrected chi connectivity index (χ3v) is 2.91. The molecule has 0 bridgehead atoms. The van der Waals surface area contributed by atoms with Crippen molar-refractivity contribution >= 4 is 5.91 Å². The molecular formula is C15H15FN2O3. The number of hydrogen-bond acceptors (Lipinski definition) is 4. The van der Waals surface area contributed by atoms with Crippen LogP contribution in [0.15, 0.2) is 42.5 Å². The molecule has 5 nitrogen and oxygen atoms in total. The van der Waals surface area contributed by atoms with Gasteiger partial charge in [0.1, 0.15) is 18.2 Å². The molecule has 0 aliphatic heterocycles. The molecule has 110 valence electrons. The van der Waals surface area contributed by atoms with E-state index in [4.69, 9.17) is 15.7 Å². The van der Waals surface area contributed by atoms with Gasteiger partial charge < -0.3 is 9.84 Å². The number of carbonyl (C=O) groups is 1. The third kappa shape index (κ3) is 3.77. The minimum absolute atomic E-state index is 0.0353. The molecule has 2 rings (SSSR count). The maximum atomic E-state index is 13.7. The zero-order chi connectivity index (χ0) is 15.2. The van der Waals surface area contributed by atoms with E-state index in [-0.39, 0.29) is 24.3 Å². The van der Waals surface area contributed by atoms with Gasteiger partial charge in [-0.15, -0.1) is 0 Å². The molecule has 2 aromatic carbocycles. The van der Waals surface area contributed by atoms with Gasteiger partial charge in [0.05, 0.1) is 6.61 Å². The summed E-state index contributed by atoms with van der Waals surface area (Å²) in [5.41, 5.74) is 3.18. The van der Waals surface area contributed by atoms with Crippen molar-refractivity contribution in [3.05, 3.63) is 65.0 Å². The van der Waals surface area contributed by atoms with Gasteiger partial charge in [0.2, 0.25) is 0 Å². The van der Waals surface area contributed by atoms with Gasteiger partial charge in [0.15, 0.2) is 0 Å². The van der Waals surface area contributed by atoms with E-state index in [1.165, 1.54) is 18.2 Å². The number of hydrogen-bond donors (Lipinski definition) is 3. The summed E-state index contributed by atoms with van der Waals surface area (Å²) >= 11 is 0. The van der Waals surface area contributed by atoms with Crippen LogP contribution in [0.3, 0.4) is 0 Å². The van der Waals surface area contributed by atoms with Crippen molar-refractivity contribution in [3.8, 4) is 5.75 Å². The van der Waals surface area contributed by atoms with Gasteiger partial charge in [0.25, 0.3) is 5.91 Å². The van der Waals surface area contributed by atoms with Gasteiger partial charge >= 0.3 is 0 Å². The molecule has 0 radical (unpaired) electrons. The largest absolute Gasteiger partial charge is 0.489 e. The lowest BCUT2D eigenvalue weighted by Gasteiger charge is -2.09. The Hall–Kier alpha value is -2.44. The van der Waals surface area contributed by atoms with E-state index in [0.29, 0.717) is 11.3 Å². The summed E-state index contributed by atoms with van der Waals surface area (Å²) in [4.78, 5) is 11.4. The van der Waals surface area contributed by atoms with Crippen molar-refractivity contribution in [2.45, 2.75) is 13.2 Å². The first-order valence-electron chi connectivity index (χ1n) is 6.26. The fraction of sp³-hybridized carbons (Fsp3) is 0.133. The first-order valence-corrected chi connectivity index (χ1v) is 6.26. The lowest BCUT2D eigenvalue weighted by Crippen LogP contribution is -2.30. The number of halogens is 1.